The molecule has 404 valence electrons. The van der Waals surface area contributed by atoms with Crippen molar-refractivity contribution in [3.63, 3.8) is 0 Å². The third-order valence-electron chi connectivity index (χ3n) is 14.0. The molecule has 0 aliphatic carbocycles. The number of nitrogens with zero attached hydrogens (tertiary/aromatic N) is 3. The summed E-state index contributed by atoms with van der Waals surface area (Å²) in [5.41, 5.74) is 6.19. The summed E-state index contributed by atoms with van der Waals surface area (Å²) in [7, 11) is -2.95. The first-order valence-electron chi connectivity index (χ1n) is 25.3. The van der Waals surface area contributed by atoms with E-state index in [1.54, 1.807) is 48.4 Å². The molecule has 0 saturated heterocycles. The van der Waals surface area contributed by atoms with Gasteiger partial charge < -0.3 is 67.8 Å². The Hall–Kier alpha value is -5.72. The molecule has 4 aliphatic heterocycles. The van der Waals surface area contributed by atoms with Crippen LogP contribution < -0.4 is 73.8 Å². The van der Waals surface area contributed by atoms with E-state index in [1.165, 1.54) is 31.3 Å². The number of carbonyl (C=O) groups excluding carboxylic acids is 3. The SMILES string of the molecule is COCCOCCOCCN(C(=O)CCC[Si](C)(C)O)c1cc(COc2cc3c(cc2OC)C(=O)N2c4ccccc4C[C@H]2CN3)cc(COc2cc3c(cc2OC)C(=O)N2c4ccccc4C[C@H]2C(S(=O)(=O)[O-])N3)c1.[Na+]. The van der Waals surface area contributed by atoms with Gasteiger partial charge >= 0.3 is 29.6 Å². The number of nitrogens with one attached hydrogen (secondary N) is 2. The fourth-order valence-electron chi connectivity index (χ4n) is 10.3. The normalized spacial score (nSPS) is 17.2. The van der Waals surface area contributed by atoms with Gasteiger partial charge in [0.25, 0.3) is 11.8 Å². The van der Waals surface area contributed by atoms with E-state index in [4.69, 9.17) is 33.2 Å². The van der Waals surface area contributed by atoms with Gasteiger partial charge in [-0.3, -0.25) is 14.4 Å². The fourth-order valence-corrected chi connectivity index (χ4v) is 12.2. The van der Waals surface area contributed by atoms with Crippen molar-refractivity contribution >= 4 is 64.6 Å². The summed E-state index contributed by atoms with van der Waals surface area (Å²) in [5.74, 6) is 0.171. The summed E-state index contributed by atoms with van der Waals surface area (Å²) < 4.78 is 80.0. The average molecular weight is 1100 g/mol. The van der Waals surface area contributed by atoms with Crippen LogP contribution in [0.15, 0.2) is 91.0 Å². The zero-order valence-electron chi connectivity index (χ0n) is 44.3. The Kier molecular flexibility index (Phi) is 18.6. The topological polar surface area (TPSA) is 227 Å². The minimum absolute atomic E-state index is 0. The quantitative estimate of drug-likeness (QED) is 0.0481. The summed E-state index contributed by atoms with van der Waals surface area (Å²) in [6.45, 7) is 5.88. The monoisotopic (exact) mass is 1100 g/mol. The van der Waals surface area contributed by atoms with Crippen LogP contribution in [0, 0.1) is 0 Å². The Labute approximate surface area is 472 Å². The van der Waals surface area contributed by atoms with E-state index in [-0.39, 0.29) is 116 Å². The number of anilines is 5. The molecule has 4 heterocycles. The van der Waals surface area contributed by atoms with Crippen molar-refractivity contribution in [2.24, 2.45) is 0 Å². The van der Waals surface area contributed by atoms with Gasteiger partial charge in [0.15, 0.2) is 31.3 Å². The first kappa shape index (κ1) is 57.5. The van der Waals surface area contributed by atoms with Gasteiger partial charge in [-0.2, -0.15) is 0 Å². The number of ether oxygens (including phenoxy) is 7. The zero-order chi connectivity index (χ0) is 53.7. The molecule has 3 atom stereocenters. The van der Waals surface area contributed by atoms with Gasteiger partial charge in [0.2, 0.25) is 5.91 Å². The third kappa shape index (κ3) is 13.1. The van der Waals surface area contributed by atoms with Gasteiger partial charge in [-0.05, 0) is 103 Å². The predicted octanol–water partition coefficient (Wildman–Crippen LogP) is 3.72. The molecule has 0 spiro atoms. The van der Waals surface area contributed by atoms with Crippen LogP contribution in [0.1, 0.15) is 55.8 Å². The maximum Gasteiger partial charge on any atom is 1.00 e. The standard InChI is InChI=1S/C55H65N5O14SSi.Na/c1-68-18-19-72-21-20-71-17-16-58(52(61)15-10-22-76(4,5)67)39-24-35(33-73-50-30-43-41(28-48(50)69-2)54(62)59-40(32-56-43)26-37-11-6-8-13-45(37)59)23-36(25-39)34-74-51-31-44-42(29-49(51)70-3)55(63)60-46-14-9-7-12-38(46)27-47(60)53(57-44)75(64,65)66;/h6-9,11-14,23-25,28-31,40,47,53,56-57,67H,10,15-22,26-27,32-34H2,1-5H3,(H,64,65,66);/q;+1/p-1/t40-,47-,53?;/m0./s1. The molecule has 3 N–H and O–H groups in total. The molecule has 5 aromatic rings. The number of methoxy groups -OCH3 is 3. The van der Waals surface area contributed by atoms with Crippen LogP contribution in [0.2, 0.25) is 19.1 Å². The van der Waals surface area contributed by atoms with Crippen LogP contribution in [0.4, 0.5) is 28.4 Å². The number of hydrogen-bond acceptors (Lipinski definition) is 16. The largest absolute Gasteiger partial charge is 1.00 e. The third-order valence-corrected chi connectivity index (χ3v) is 16.6. The summed E-state index contributed by atoms with van der Waals surface area (Å²) >= 11 is 0. The summed E-state index contributed by atoms with van der Waals surface area (Å²) in [4.78, 5) is 58.4. The van der Waals surface area contributed by atoms with Crippen molar-refractivity contribution in [1.82, 2.24) is 0 Å². The van der Waals surface area contributed by atoms with Crippen molar-refractivity contribution < 1.29 is 94.9 Å². The van der Waals surface area contributed by atoms with Gasteiger partial charge in [0, 0.05) is 55.8 Å². The Bertz CT molecular complexity index is 3090. The second kappa shape index (κ2) is 24.9. The molecule has 4 aliphatic rings. The van der Waals surface area contributed by atoms with E-state index >= 15 is 0 Å². The molecule has 77 heavy (non-hydrogen) atoms. The number of rotatable bonds is 23. The maximum atomic E-state index is 14.4. The summed E-state index contributed by atoms with van der Waals surface area (Å²) in [6, 6.07) is 26.3. The Morgan fingerprint density at radius 1 is 0.740 bits per heavy atom. The predicted molar refractivity (Wildman–Crippen MR) is 288 cm³/mol. The van der Waals surface area contributed by atoms with Crippen molar-refractivity contribution in [1.29, 1.82) is 0 Å². The molecule has 9 rings (SSSR count). The van der Waals surface area contributed by atoms with Crippen molar-refractivity contribution in [3.05, 3.63) is 124 Å². The van der Waals surface area contributed by atoms with E-state index in [9.17, 15) is 32.1 Å². The van der Waals surface area contributed by atoms with Gasteiger partial charge in [-0.1, -0.05) is 36.4 Å². The molecule has 19 nitrogen and oxygen atoms in total. The van der Waals surface area contributed by atoms with Crippen LogP contribution in [-0.4, -0.2) is 129 Å². The molecule has 0 saturated carbocycles. The summed E-state index contributed by atoms with van der Waals surface area (Å²) in [6.07, 6.45) is 1.51. The Morgan fingerprint density at radius 2 is 1.30 bits per heavy atom. The molecule has 22 heteroatoms. The molecular formula is C55H64N5NaO14SSi. The molecule has 0 bridgehead atoms. The Balaban J connectivity index is 0.00000784. The summed E-state index contributed by atoms with van der Waals surface area (Å²) in [5, 5.41) is 4.68. The van der Waals surface area contributed by atoms with Crippen molar-refractivity contribution in [3.8, 4) is 23.0 Å². The van der Waals surface area contributed by atoms with E-state index in [1.807, 2.05) is 60.5 Å². The van der Waals surface area contributed by atoms with Crippen LogP contribution in [0.5, 0.6) is 23.0 Å². The number of amides is 3. The molecule has 1 unspecified atom stereocenters. The van der Waals surface area contributed by atoms with E-state index in [0.717, 1.165) is 23.2 Å². The molecule has 0 radical (unpaired) electrons. The fraction of sp³-hybridized carbons (Fsp3) is 0.400. The van der Waals surface area contributed by atoms with E-state index < -0.39 is 35.8 Å². The van der Waals surface area contributed by atoms with Crippen LogP contribution in [-0.2, 0) is 55.2 Å². The van der Waals surface area contributed by atoms with E-state index in [0.29, 0.717) is 84.1 Å². The molecule has 0 aromatic heterocycles. The number of benzene rings is 5. The minimum atomic E-state index is -5.01. The van der Waals surface area contributed by atoms with Gasteiger partial charge in [0.05, 0.1) is 81.8 Å². The van der Waals surface area contributed by atoms with Crippen LogP contribution >= 0.6 is 0 Å². The first-order valence-corrected chi connectivity index (χ1v) is 30.0. The molecule has 0 fully saturated rings. The number of hydrogen-bond donors (Lipinski definition) is 3. The average Bonchev–Trinajstić information content (AvgIpc) is 3.95. The van der Waals surface area contributed by atoms with E-state index in [2.05, 4.69) is 10.6 Å². The Morgan fingerprint density at radius 3 is 1.91 bits per heavy atom. The van der Waals surface area contributed by atoms with Gasteiger partial charge in [-0.15, -0.1) is 0 Å². The van der Waals surface area contributed by atoms with Gasteiger partial charge in [0.1, 0.15) is 28.7 Å². The maximum absolute atomic E-state index is 14.4. The molecule has 5 aromatic carbocycles. The van der Waals surface area contributed by atoms with Crippen LogP contribution in [0.3, 0.4) is 0 Å². The van der Waals surface area contributed by atoms with Crippen molar-refractivity contribution in [2.45, 2.75) is 75.5 Å². The first-order chi connectivity index (χ1) is 36.5. The zero-order valence-corrected chi connectivity index (χ0v) is 48.1. The number of carbonyl (C=O) groups is 3. The number of para-hydroxylation sites is 2. The number of fused-ring (bicyclic) bond motifs is 8. The second-order valence-electron chi connectivity index (χ2n) is 19.8. The van der Waals surface area contributed by atoms with Gasteiger partial charge in [-0.25, -0.2) is 8.42 Å². The van der Waals surface area contributed by atoms with Crippen molar-refractivity contribution in [2.75, 3.05) is 92.8 Å². The minimum Gasteiger partial charge on any atom is -0.746 e. The van der Waals surface area contributed by atoms with Crippen LogP contribution in [0.25, 0.3) is 0 Å². The molecule has 3 amide bonds. The smallest absolute Gasteiger partial charge is 0.746 e. The molecular weight excluding hydrogens is 1040 g/mol. The second-order valence-corrected chi connectivity index (χ2v) is 25.4.